The van der Waals surface area contributed by atoms with Crippen molar-refractivity contribution >= 4 is 29.5 Å². The molecular weight excluding hydrogens is 234 g/mol. The highest BCUT2D eigenvalue weighted by Gasteiger charge is 2.07. The monoisotopic (exact) mass is 245 g/mol. The first kappa shape index (κ1) is 12.4. The van der Waals surface area contributed by atoms with Crippen molar-refractivity contribution in [1.29, 1.82) is 0 Å². The Morgan fingerprint density at radius 1 is 1.44 bits per heavy atom. The second kappa shape index (κ2) is 5.45. The third-order valence-corrected chi connectivity index (χ3v) is 1.78. The van der Waals surface area contributed by atoms with Gasteiger partial charge in [-0.1, -0.05) is 0 Å². The van der Waals surface area contributed by atoms with E-state index in [0.29, 0.717) is 5.95 Å². The molecule has 0 fully saturated rings. The molecule has 0 bridgehead atoms. The van der Waals surface area contributed by atoms with E-state index in [9.17, 15) is 4.79 Å². The molecule has 0 atom stereocenters. The molecule has 1 heterocycles. The van der Waals surface area contributed by atoms with Gasteiger partial charge in [0.25, 0.3) is 0 Å². The molecule has 1 aromatic heterocycles. The van der Waals surface area contributed by atoms with Gasteiger partial charge in [-0.25, -0.2) is 0 Å². The van der Waals surface area contributed by atoms with Crippen LogP contribution < -0.4 is 10.2 Å². The normalized spacial score (nSPS) is 9.75. The number of hydrogen-bond donors (Lipinski definition) is 1. The number of aromatic nitrogens is 3. The van der Waals surface area contributed by atoms with Gasteiger partial charge in [0.05, 0.1) is 7.11 Å². The highest BCUT2D eigenvalue weighted by molar-refractivity contribution is 6.28. The molecule has 0 aliphatic heterocycles. The Balaban J connectivity index is 2.76. The van der Waals surface area contributed by atoms with Crippen LogP contribution in [0.3, 0.4) is 0 Å². The Bertz CT molecular complexity index is 385. The van der Waals surface area contributed by atoms with Crippen LogP contribution in [0.5, 0.6) is 0 Å². The summed E-state index contributed by atoms with van der Waals surface area (Å²) in [6, 6.07) is 0. The predicted octanol–water partition coefficient (Wildman–Crippen LogP) is 0.176. The number of halogens is 1. The molecule has 0 radical (unpaired) electrons. The molecule has 1 N–H and O–H groups in total. The number of nitrogens with one attached hydrogen (secondary N) is 1. The predicted molar refractivity (Wildman–Crippen MR) is 59.7 cm³/mol. The van der Waals surface area contributed by atoms with Crippen LogP contribution in [0.2, 0.25) is 5.28 Å². The highest BCUT2D eigenvalue weighted by Crippen LogP contribution is 2.10. The summed E-state index contributed by atoms with van der Waals surface area (Å²) in [4.78, 5) is 24.3. The number of hydrogen-bond acceptors (Lipinski definition) is 7. The number of methoxy groups -OCH3 is 1. The van der Waals surface area contributed by atoms with E-state index in [1.807, 2.05) is 0 Å². The highest BCUT2D eigenvalue weighted by atomic mass is 35.5. The molecule has 0 aliphatic rings. The van der Waals surface area contributed by atoms with Crippen LogP contribution in [0, 0.1) is 0 Å². The number of esters is 1. The van der Waals surface area contributed by atoms with Gasteiger partial charge >= 0.3 is 5.97 Å². The minimum atomic E-state index is -0.414. The maximum Gasteiger partial charge on any atom is 0.325 e. The molecular formula is C8H12ClN5O2. The van der Waals surface area contributed by atoms with Crippen molar-refractivity contribution in [2.75, 3.05) is 38.0 Å². The second-order valence-corrected chi connectivity index (χ2v) is 3.39. The lowest BCUT2D eigenvalue weighted by Crippen LogP contribution is -2.19. The van der Waals surface area contributed by atoms with Crippen LogP contribution in [0.1, 0.15) is 0 Å². The number of carbonyl (C=O) groups is 1. The summed E-state index contributed by atoms with van der Waals surface area (Å²) in [5, 5.41) is 2.74. The quantitative estimate of drug-likeness (QED) is 0.758. The molecule has 16 heavy (non-hydrogen) atoms. The van der Waals surface area contributed by atoms with Crippen LogP contribution in [-0.2, 0) is 9.53 Å². The topological polar surface area (TPSA) is 80.2 Å². The van der Waals surface area contributed by atoms with Crippen LogP contribution in [0.4, 0.5) is 11.9 Å². The average Bonchev–Trinajstić information content (AvgIpc) is 2.25. The largest absolute Gasteiger partial charge is 0.468 e. The summed E-state index contributed by atoms with van der Waals surface area (Å²) in [5.41, 5.74) is 0. The summed E-state index contributed by atoms with van der Waals surface area (Å²) < 4.78 is 4.46. The van der Waals surface area contributed by atoms with E-state index in [0.717, 1.165) is 0 Å². The van der Waals surface area contributed by atoms with Gasteiger partial charge in [-0.15, -0.1) is 0 Å². The zero-order valence-electron chi connectivity index (χ0n) is 9.19. The van der Waals surface area contributed by atoms with Crippen molar-refractivity contribution in [2.45, 2.75) is 0 Å². The fourth-order valence-corrected chi connectivity index (χ4v) is 0.998. The van der Waals surface area contributed by atoms with Gasteiger partial charge in [0, 0.05) is 14.1 Å². The van der Waals surface area contributed by atoms with Gasteiger partial charge < -0.3 is 15.0 Å². The summed E-state index contributed by atoms with van der Waals surface area (Å²) in [6.07, 6.45) is 0. The molecule has 8 heteroatoms. The van der Waals surface area contributed by atoms with Crippen molar-refractivity contribution in [3.8, 4) is 0 Å². The smallest absolute Gasteiger partial charge is 0.325 e. The SMILES string of the molecule is COC(=O)CNc1nc(Cl)nc(N(C)C)n1. The van der Waals surface area contributed by atoms with Crippen LogP contribution in [0.15, 0.2) is 0 Å². The third kappa shape index (κ3) is 3.50. The van der Waals surface area contributed by atoms with Gasteiger partial charge in [-0.3, -0.25) is 4.79 Å². The van der Waals surface area contributed by atoms with Crippen molar-refractivity contribution in [2.24, 2.45) is 0 Å². The average molecular weight is 246 g/mol. The van der Waals surface area contributed by atoms with E-state index in [-0.39, 0.29) is 17.8 Å². The summed E-state index contributed by atoms with van der Waals surface area (Å²) >= 11 is 5.70. The molecule has 88 valence electrons. The second-order valence-electron chi connectivity index (χ2n) is 3.05. The number of anilines is 2. The maximum absolute atomic E-state index is 10.9. The van der Waals surface area contributed by atoms with E-state index in [2.05, 4.69) is 25.0 Å². The van der Waals surface area contributed by atoms with Gasteiger partial charge in [0.15, 0.2) is 0 Å². The Labute approximate surface area is 97.8 Å². The molecule has 1 aromatic rings. The minimum absolute atomic E-state index is 0.0241. The lowest BCUT2D eigenvalue weighted by molar-refractivity contribution is -0.138. The Morgan fingerprint density at radius 3 is 2.69 bits per heavy atom. The van der Waals surface area contributed by atoms with Crippen molar-refractivity contribution in [1.82, 2.24) is 15.0 Å². The van der Waals surface area contributed by atoms with Crippen molar-refractivity contribution < 1.29 is 9.53 Å². The van der Waals surface area contributed by atoms with E-state index in [1.165, 1.54) is 7.11 Å². The molecule has 0 aromatic carbocycles. The zero-order chi connectivity index (χ0) is 12.1. The number of rotatable bonds is 4. The maximum atomic E-state index is 10.9. The number of ether oxygens (including phenoxy) is 1. The summed E-state index contributed by atoms with van der Waals surface area (Å²) in [5.74, 6) is 0.226. The zero-order valence-corrected chi connectivity index (χ0v) is 9.95. The first-order valence-corrected chi connectivity index (χ1v) is 4.80. The molecule has 0 unspecified atom stereocenters. The third-order valence-electron chi connectivity index (χ3n) is 1.61. The van der Waals surface area contributed by atoms with E-state index in [1.54, 1.807) is 19.0 Å². The molecule has 0 saturated carbocycles. The van der Waals surface area contributed by atoms with E-state index < -0.39 is 5.97 Å². The summed E-state index contributed by atoms with van der Waals surface area (Å²) in [6.45, 7) is -0.0241. The first-order chi connectivity index (χ1) is 7.52. The molecule has 0 spiro atoms. The van der Waals surface area contributed by atoms with Gasteiger partial charge in [-0.05, 0) is 11.6 Å². The van der Waals surface area contributed by atoms with Crippen LogP contribution >= 0.6 is 11.6 Å². The van der Waals surface area contributed by atoms with Gasteiger partial charge in [-0.2, -0.15) is 15.0 Å². The number of nitrogens with zero attached hydrogens (tertiary/aromatic N) is 4. The lowest BCUT2D eigenvalue weighted by atomic mass is 10.6. The molecule has 0 saturated heterocycles. The minimum Gasteiger partial charge on any atom is -0.468 e. The Kier molecular flexibility index (Phi) is 4.24. The van der Waals surface area contributed by atoms with E-state index >= 15 is 0 Å². The molecule has 0 aliphatic carbocycles. The lowest BCUT2D eigenvalue weighted by Gasteiger charge is -2.11. The summed E-state index contributed by atoms with van der Waals surface area (Å²) in [7, 11) is 4.85. The fourth-order valence-electron chi connectivity index (χ4n) is 0.842. The molecule has 1 rings (SSSR count). The Hall–Kier alpha value is -1.63. The Morgan fingerprint density at radius 2 is 2.12 bits per heavy atom. The molecule has 7 nitrogen and oxygen atoms in total. The van der Waals surface area contributed by atoms with Crippen LogP contribution in [-0.4, -0.2) is 48.7 Å². The fraction of sp³-hybridized carbons (Fsp3) is 0.500. The van der Waals surface area contributed by atoms with Crippen molar-refractivity contribution in [3.05, 3.63) is 5.28 Å². The van der Waals surface area contributed by atoms with Crippen LogP contribution in [0.25, 0.3) is 0 Å². The number of carbonyl (C=O) groups excluding carboxylic acids is 1. The molecule has 0 amide bonds. The standard InChI is InChI=1S/C8H12ClN5O2/c1-14(2)8-12-6(9)11-7(13-8)10-4-5(15)16-3/h4H2,1-3H3,(H,10,11,12,13). The van der Waals surface area contributed by atoms with Gasteiger partial charge in [0.1, 0.15) is 6.54 Å². The van der Waals surface area contributed by atoms with Gasteiger partial charge in [0.2, 0.25) is 17.2 Å². The van der Waals surface area contributed by atoms with E-state index in [4.69, 9.17) is 11.6 Å². The first-order valence-electron chi connectivity index (χ1n) is 4.42. The van der Waals surface area contributed by atoms with Crippen molar-refractivity contribution in [3.63, 3.8) is 0 Å².